The van der Waals surface area contributed by atoms with Crippen LogP contribution in [0.1, 0.15) is 20.8 Å². The molecule has 0 radical (unpaired) electrons. The molecule has 2 N–H and O–H groups in total. The van der Waals surface area contributed by atoms with Gasteiger partial charge < -0.3 is 0 Å². The molecule has 2 aromatic rings. The summed E-state index contributed by atoms with van der Waals surface area (Å²) in [5.41, 5.74) is 1.73. The van der Waals surface area contributed by atoms with Crippen molar-refractivity contribution in [3.05, 3.63) is 53.6 Å². The van der Waals surface area contributed by atoms with E-state index in [9.17, 15) is 8.42 Å². The summed E-state index contributed by atoms with van der Waals surface area (Å²) >= 11 is 6.20. The molecule has 0 aromatic heterocycles. The zero-order valence-electron chi connectivity index (χ0n) is 12.7. The van der Waals surface area contributed by atoms with Crippen molar-refractivity contribution >= 4 is 27.5 Å². The van der Waals surface area contributed by atoms with Crippen molar-refractivity contribution in [2.75, 3.05) is 4.72 Å². The number of anilines is 1. The second kappa shape index (κ2) is 6.28. The Morgan fingerprint density at radius 2 is 1.59 bits per heavy atom. The van der Waals surface area contributed by atoms with Gasteiger partial charge in [0, 0.05) is 5.54 Å². The molecule has 0 saturated carbocycles. The van der Waals surface area contributed by atoms with Gasteiger partial charge in [0.25, 0.3) is 10.2 Å². The molecule has 6 heteroatoms. The lowest BCUT2D eigenvalue weighted by molar-refractivity contribution is 0.494. The summed E-state index contributed by atoms with van der Waals surface area (Å²) in [6.07, 6.45) is 0. The minimum Gasteiger partial charge on any atom is -0.270 e. The third-order valence-electron chi connectivity index (χ3n) is 2.76. The van der Waals surface area contributed by atoms with Crippen molar-refractivity contribution in [3.63, 3.8) is 0 Å². The van der Waals surface area contributed by atoms with Crippen LogP contribution in [0.15, 0.2) is 48.5 Å². The van der Waals surface area contributed by atoms with Gasteiger partial charge in [0.05, 0.1) is 10.7 Å². The molecule has 0 aliphatic rings. The molecule has 0 amide bonds. The molecule has 2 rings (SSSR count). The Morgan fingerprint density at radius 3 is 2.14 bits per heavy atom. The molecular weight excluding hydrogens is 320 g/mol. The lowest BCUT2D eigenvalue weighted by atomic mass is 10.1. The summed E-state index contributed by atoms with van der Waals surface area (Å²) in [6.45, 7) is 5.31. The zero-order valence-corrected chi connectivity index (χ0v) is 14.3. The maximum Gasteiger partial charge on any atom is 0.299 e. The molecule has 4 nitrogen and oxygen atoms in total. The number of rotatable bonds is 4. The third kappa shape index (κ3) is 4.73. The van der Waals surface area contributed by atoms with E-state index in [4.69, 9.17) is 11.6 Å². The van der Waals surface area contributed by atoms with Gasteiger partial charge in [0.2, 0.25) is 0 Å². The highest BCUT2D eigenvalue weighted by Gasteiger charge is 2.20. The maximum atomic E-state index is 12.0. The van der Waals surface area contributed by atoms with Gasteiger partial charge in [-0.25, -0.2) is 0 Å². The van der Waals surface area contributed by atoms with Crippen LogP contribution in [0.4, 0.5) is 5.69 Å². The molecule has 22 heavy (non-hydrogen) atoms. The van der Waals surface area contributed by atoms with E-state index >= 15 is 0 Å². The van der Waals surface area contributed by atoms with E-state index in [1.54, 1.807) is 32.9 Å². The summed E-state index contributed by atoms with van der Waals surface area (Å²) in [5.74, 6) is 0. The van der Waals surface area contributed by atoms with Crippen LogP contribution < -0.4 is 9.44 Å². The number of hydrogen-bond acceptors (Lipinski definition) is 2. The fourth-order valence-corrected chi connectivity index (χ4v) is 3.59. The smallest absolute Gasteiger partial charge is 0.270 e. The van der Waals surface area contributed by atoms with Gasteiger partial charge in [-0.3, -0.25) is 4.72 Å². The minimum atomic E-state index is -3.68. The van der Waals surface area contributed by atoms with Crippen LogP contribution in [0, 0.1) is 0 Å². The first-order valence-corrected chi connectivity index (χ1v) is 8.69. The monoisotopic (exact) mass is 338 g/mol. The molecule has 2 aromatic carbocycles. The van der Waals surface area contributed by atoms with Crippen LogP contribution in [0.3, 0.4) is 0 Å². The summed E-state index contributed by atoms with van der Waals surface area (Å²) < 4.78 is 29.1. The minimum absolute atomic E-state index is 0.345. The Balaban J connectivity index is 2.24. The SMILES string of the molecule is CC(C)(C)NS(=O)(=O)Nc1ccc(-c2ccccc2)cc1Cl. The van der Waals surface area contributed by atoms with Crippen LogP contribution in [0.5, 0.6) is 0 Å². The zero-order chi connectivity index (χ0) is 16.4. The third-order valence-corrected chi connectivity index (χ3v) is 4.44. The van der Waals surface area contributed by atoms with Gasteiger partial charge in [-0.2, -0.15) is 13.1 Å². The normalized spacial score (nSPS) is 12.2. The highest BCUT2D eigenvalue weighted by molar-refractivity contribution is 7.90. The largest absolute Gasteiger partial charge is 0.299 e. The highest BCUT2D eigenvalue weighted by atomic mass is 35.5. The molecule has 0 bridgehead atoms. The van der Waals surface area contributed by atoms with Gasteiger partial charge in [-0.15, -0.1) is 0 Å². The lowest BCUT2D eigenvalue weighted by Gasteiger charge is -2.21. The van der Waals surface area contributed by atoms with E-state index in [0.717, 1.165) is 11.1 Å². The van der Waals surface area contributed by atoms with Gasteiger partial charge in [-0.1, -0.05) is 48.0 Å². The second-order valence-corrected chi connectivity index (χ2v) is 7.84. The molecule has 0 atom stereocenters. The van der Waals surface area contributed by atoms with Gasteiger partial charge >= 0.3 is 0 Å². The number of halogens is 1. The molecule has 118 valence electrons. The lowest BCUT2D eigenvalue weighted by Crippen LogP contribution is -2.43. The molecule has 0 heterocycles. The molecule has 0 spiro atoms. The topological polar surface area (TPSA) is 58.2 Å². The Hall–Kier alpha value is -1.56. The molecule has 0 aliphatic heterocycles. The Bertz CT molecular complexity index is 753. The van der Waals surface area contributed by atoms with E-state index in [2.05, 4.69) is 9.44 Å². The van der Waals surface area contributed by atoms with E-state index in [-0.39, 0.29) is 0 Å². The Kier molecular flexibility index (Phi) is 4.80. The molecule has 0 fully saturated rings. The van der Waals surface area contributed by atoms with Crippen molar-refractivity contribution in [1.29, 1.82) is 0 Å². The van der Waals surface area contributed by atoms with E-state index in [0.29, 0.717) is 10.7 Å². The molecule has 0 unspecified atom stereocenters. The maximum absolute atomic E-state index is 12.0. The van der Waals surface area contributed by atoms with Crippen LogP contribution in [-0.2, 0) is 10.2 Å². The fraction of sp³-hybridized carbons (Fsp3) is 0.250. The van der Waals surface area contributed by atoms with Gasteiger partial charge in [0.15, 0.2) is 0 Å². The highest BCUT2D eigenvalue weighted by Crippen LogP contribution is 2.29. The predicted molar refractivity (Wildman–Crippen MR) is 92.3 cm³/mol. The van der Waals surface area contributed by atoms with E-state index in [1.807, 2.05) is 36.4 Å². The van der Waals surface area contributed by atoms with Crippen molar-refractivity contribution < 1.29 is 8.42 Å². The first-order chi connectivity index (χ1) is 10.2. The Morgan fingerprint density at radius 1 is 0.955 bits per heavy atom. The van der Waals surface area contributed by atoms with Gasteiger partial charge in [-0.05, 0) is 44.0 Å². The summed E-state index contributed by atoms with van der Waals surface area (Å²) in [5, 5.41) is 0.348. The average Bonchev–Trinajstić information content (AvgIpc) is 2.39. The number of nitrogens with one attached hydrogen (secondary N) is 2. The number of benzene rings is 2. The van der Waals surface area contributed by atoms with Crippen LogP contribution in [-0.4, -0.2) is 14.0 Å². The summed E-state index contributed by atoms with van der Waals surface area (Å²) in [7, 11) is -3.68. The van der Waals surface area contributed by atoms with Crippen LogP contribution in [0.2, 0.25) is 5.02 Å². The predicted octanol–water partition coefficient (Wildman–Crippen LogP) is 4.05. The van der Waals surface area contributed by atoms with Crippen LogP contribution in [0.25, 0.3) is 11.1 Å². The van der Waals surface area contributed by atoms with Crippen LogP contribution >= 0.6 is 11.6 Å². The van der Waals surface area contributed by atoms with Crippen molar-refractivity contribution in [3.8, 4) is 11.1 Å². The standard InChI is InChI=1S/C16H19ClN2O2S/c1-16(2,3)19-22(20,21)18-15-10-9-13(11-14(15)17)12-7-5-4-6-8-12/h4-11,18-19H,1-3H3. The van der Waals surface area contributed by atoms with Crippen molar-refractivity contribution in [1.82, 2.24) is 4.72 Å². The fourth-order valence-electron chi connectivity index (χ4n) is 1.98. The van der Waals surface area contributed by atoms with Crippen molar-refractivity contribution in [2.45, 2.75) is 26.3 Å². The van der Waals surface area contributed by atoms with E-state index < -0.39 is 15.7 Å². The Labute approximate surface area is 136 Å². The first-order valence-electron chi connectivity index (χ1n) is 6.83. The van der Waals surface area contributed by atoms with E-state index in [1.165, 1.54) is 0 Å². The molecule has 0 aliphatic carbocycles. The average molecular weight is 339 g/mol. The first kappa shape index (κ1) is 16.8. The number of hydrogen-bond donors (Lipinski definition) is 2. The molecule has 0 saturated heterocycles. The summed E-state index contributed by atoms with van der Waals surface area (Å²) in [4.78, 5) is 0. The van der Waals surface area contributed by atoms with Gasteiger partial charge in [0.1, 0.15) is 0 Å². The second-order valence-electron chi connectivity index (χ2n) is 6.02. The molecular formula is C16H19ClN2O2S. The van der Waals surface area contributed by atoms with Crippen molar-refractivity contribution in [2.24, 2.45) is 0 Å². The summed E-state index contributed by atoms with van der Waals surface area (Å²) in [6, 6.07) is 15.0. The quantitative estimate of drug-likeness (QED) is 0.883.